The molecule has 1 N–H and O–H groups in total. The van der Waals surface area contributed by atoms with Crippen LogP contribution in [0.5, 0.6) is 17.2 Å². The molecule has 1 amide bonds. The summed E-state index contributed by atoms with van der Waals surface area (Å²) in [5.74, 6) is 1.72. The minimum atomic E-state index is -0.227. The first kappa shape index (κ1) is 21.2. The predicted octanol–water partition coefficient (Wildman–Crippen LogP) is 4.34. The van der Waals surface area contributed by atoms with Crippen LogP contribution in [-0.2, 0) is 11.2 Å². The van der Waals surface area contributed by atoms with Gasteiger partial charge in [0.05, 0.1) is 33.5 Å². The molecule has 3 aromatic carbocycles. The van der Waals surface area contributed by atoms with Gasteiger partial charge in [-0.25, -0.2) is 5.43 Å². The van der Waals surface area contributed by atoms with Crippen molar-refractivity contribution in [3.63, 3.8) is 0 Å². The van der Waals surface area contributed by atoms with Crippen molar-refractivity contribution < 1.29 is 19.0 Å². The fourth-order valence-corrected chi connectivity index (χ4v) is 3.13. The fraction of sp³-hybridized carbons (Fsp3) is 0.250. The van der Waals surface area contributed by atoms with Crippen LogP contribution in [0.25, 0.3) is 10.8 Å². The van der Waals surface area contributed by atoms with Gasteiger partial charge in [-0.1, -0.05) is 43.3 Å². The Balaban J connectivity index is 1.74. The molecule has 0 aliphatic carbocycles. The van der Waals surface area contributed by atoms with E-state index in [1.165, 1.54) is 0 Å². The Bertz CT molecular complexity index is 1050. The maximum Gasteiger partial charge on any atom is 0.244 e. The largest absolute Gasteiger partial charge is 0.493 e. The highest BCUT2D eigenvalue weighted by molar-refractivity contribution is 6.02. The van der Waals surface area contributed by atoms with Gasteiger partial charge < -0.3 is 14.2 Å². The second-order valence-corrected chi connectivity index (χ2v) is 6.71. The number of nitrogens with zero attached hydrogens (tertiary/aromatic N) is 1. The van der Waals surface area contributed by atoms with E-state index in [2.05, 4.69) is 17.5 Å². The maximum atomic E-state index is 12.3. The van der Waals surface area contributed by atoms with Gasteiger partial charge >= 0.3 is 0 Å². The molecule has 0 aliphatic rings. The van der Waals surface area contributed by atoms with Gasteiger partial charge in [-0.3, -0.25) is 4.79 Å². The summed E-state index contributed by atoms with van der Waals surface area (Å²) in [6.07, 6.45) is 2.72. The van der Waals surface area contributed by atoms with Crippen molar-refractivity contribution in [2.24, 2.45) is 5.10 Å². The van der Waals surface area contributed by atoms with Gasteiger partial charge in [0, 0.05) is 5.56 Å². The van der Waals surface area contributed by atoms with Gasteiger partial charge in [0.2, 0.25) is 5.91 Å². The summed E-state index contributed by atoms with van der Waals surface area (Å²) in [7, 11) is 3.14. The summed E-state index contributed by atoms with van der Waals surface area (Å²) < 4.78 is 16.4. The van der Waals surface area contributed by atoms with Crippen molar-refractivity contribution >= 4 is 22.9 Å². The van der Waals surface area contributed by atoms with Crippen molar-refractivity contribution in [1.82, 2.24) is 5.43 Å². The van der Waals surface area contributed by atoms with Crippen LogP contribution in [0.2, 0.25) is 0 Å². The first-order valence-corrected chi connectivity index (χ1v) is 9.83. The van der Waals surface area contributed by atoms with Gasteiger partial charge in [-0.05, 0) is 41.0 Å². The van der Waals surface area contributed by atoms with E-state index in [4.69, 9.17) is 14.2 Å². The van der Waals surface area contributed by atoms with E-state index in [-0.39, 0.29) is 12.3 Å². The molecule has 0 spiro atoms. The SMILES string of the molecule is CCCOc1ccc2ccccc2c1/C=N\NC(=O)Cc1ccc(OC)c(OC)c1. The Labute approximate surface area is 176 Å². The van der Waals surface area contributed by atoms with E-state index in [9.17, 15) is 4.79 Å². The van der Waals surface area contributed by atoms with Crippen LogP contribution in [0.4, 0.5) is 0 Å². The number of carbonyl (C=O) groups is 1. The van der Waals surface area contributed by atoms with Crippen LogP contribution in [-0.4, -0.2) is 32.9 Å². The lowest BCUT2D eigenvalue weighted by Gasteiger charge is -2.11. The Kier molecular flexibility index (Phi) is 7.27. The van der Waals surface area contributed by atoms with E-state index < -0.39 is 0 Å². The number of benzene rings is 3. The quantitative estimate of drug-likeness (QED) is 0.424. The van der Waals surface area contributed by atoms with Gasteiger partial charge in [-0.15, -0.1) is 0 Å². The number of fused-ring (bicyclic) bond motifs is 1. The highest BCUT2D eigenvalue weighted by atomic mass is 16.5. The molecule has 0 saturated carbocycles. The van der Waals surface area contributed by atoms with Crippen molar-refractivity contribution in [3.05, 3.63) is 65.7 Å². The average Bonchev–Trinajstić information content (AvgIpc) is 2.78. The summed E-state index contributed by atoms with van der Waals surface area (Å²) in [4.78, 5) is 12.3. The third-order valence-electron chi connectivity index (χ3n) is 4.59. The van der Waals surface area contributed by atoms with Crippen molar-refractivity contribution in [3.8, 4) is 17.2 Å². The minimum Gasteiger partial charge on any atom is -0.493 e. The van der Waals surface area contributed by atoms with Crippen LogP contribution in [0.15, 0.2) is 59.7 Å². The number of carbonyl (C=O) groups excluding carboxylic acids is 1. The molecule has 0 heterocycles. The second-order valence-electron chi connectivity index (χ2n) is 6.71. The molecule has 0 atom stereocenters. The van der Waals surface area contributed by atoms with Crippen molar-refractivity contribution in [2.75, 3.05) is 20.8 Å². The summed E-state index contributed by atoms with van der Waals surface area (Å²) in [6.45, 7) is 2.67. The molecule has 0 fully saturated rings. The monoisotopic (exact) mass is 406 g/mol. The summed E-state index contributed by atoms with van der Waals surface area (Å²) >= 11 is 0. The second kappa shape index (κ2) is 10.3. The third kappa shape index (κ3) is 5.08. The van der Waals surface area contributed by atoms with Crippen LogP contribution in [0, 0.1) is 0 Å². The van der Waals surface area contributed by atoms with Gasteiger partial charge in [-0.2, -0.15) is 5.10 Å². The third-order valence-corrected chi connectivity index (χ3v) is 4.59. The number of amides is 1. The molecule has 156 valence electrons. The highest BCUT2D eigenvalue weighted by Crippen LogP contribution is 2.28. The van der Waals surface area contributed by atoms with E-state index in [0.717, 1.165) is 34.1 Å². The molecule has 0 bridgehead atoms. The molecule has 0 saturated heterocycles. The molecule has 0 radical (unpaired) electrons. The topological polar surface area (TPSA) is 69.2 Å². The Morgan fingerprint density at radius 1 is 1.00 bits per heavy atom. The van der Waals surface area contributed by atoms with Crippen LogP contribution < -0.4 is 19.6 Å². The lowest BCUT2D eigenvalue weighted by Crippen LogP contribution is -2.19. The first-order chi connectivity index (χ1) is 14.7. The zero-order valence-electron chi connectivity index (χ0n) is 17.5. The molecule has 0 unspecified atom stereocenters. The molecular formula is C24H26N2O4. The zero-order valence-corrected chi connectivity index (χ0v) is 17.5. The maximum absolute atomic E-state index is 12.3. The lowest BCUT2D eigenvalue weighted by molar-refractivity contribution is -0.120. The fourth-order valence-electron chi connectivity index (χ4n) is 3.13. The van der Waals surface area contributed by atoms with E-state index in [1.54, 1.807) is 32.6 Å². The first-order valence-electron chi connectivity index (χ1n) is 9.83. The predicted molar refractivity (Wildman–Crippen MR) is 119 cm³/mol. The van der Waals surface area contributed by atoms with Gasteiger partial charge in [0.15, 0.2) is 11.5 Å². The molecule has 0 aliphatic heterocycles. The van der Waals surface area contributed by atoms with Gasteiger partial charge in [0.1, 0.15) is 5.75 Å². The molecule has 0 aromatic heterocycles. The van der Waals surface area contributed by atoms with Crippen molar-refractivity contribution in [1.29, 1.82) is 0 Å². The molecule has 6 nitrogen and oxygen atoms in total. The number of methoxy groups -OCH3 is 2. The molecule has 30 heavy (non-hydrogen) atoms. The number of hydrazone groups is 1. The standard InChI is InChI=1S/C24H26N2O4/c1-4-13-30-21-12-10-18-7-5-6-8-19(18)20(21)16-25-26-24(27)15-17-9-11-22(28-2)23(14-17)29-3/h5-12,14,16H,4,13,15H2,1-3H3,(H,26,27)/b25-16-. The van der Waals surface area contributed by atoms with Crippen LogP contribution in [0.3, 0.4) is 0 Å². The molecular weight excluding hydrogens is 380 g/mol. The number of hydrogen-bond donors (Lipinski definition) is 1. The summed E-state index contributed by atoms with van der Waals surface area (Å²) in [5.41, 5.74) is 4.24. The zero-order chi connectivity index (χ0) is 21.3. The number of hydrogen-bond acceptors (Lipinski definition) is 5. The van der Waals surface area contributed by atoms with E-state index >= 15 is 0 Å². The Morgan fingerprint density at radius 2 is 1.77 bits per heavy atom. The molecule has 6 heteroatoms. The van der Waals surface area contributed by atoms with Gasteiger partial charge in [0.25, 0.3) is 0 Å². The van der Waals surface area contributed by atoms with E-state index in [1.807, 2.05) is 42.5 Å². The van der Waals surface area contributed by atoms with Crippen molar-refractivity contribution in [2.45, 2.75) is 19.8 Å². The molecule has 3 aromatic rings. The highest BCUT2D eigenvalue weighted by Gasteiger charge is 2.09. The normalized spacial score (nSPS) is 10.9. The number of ether oxygens (including phenoxy) is 3. The Morgan fingerprint density at radius 3 is 2.53 bits per heavy atom. The minimum absolute atomic E-state index is 0.173. The number of rotatable bonds is 9. The van der Waals surface area contributed by atoms with E-state index in [0.29, 0.717) is 18.1 Å². The lowest BCUT2D eigenvalue weighted by atomic mass is 10.0. The Hall–Kier alpha value is -3.54. The summed E-state index contributed by atoms with van der Waals surface area (Å²) in [5, 5.41) is 6.27. The van der Waals surface area contributed by atoms with Crippen LogP contribution in [0.1, 0.15) is 24.5 Å². The molecule has 3 rings (SSSR count). The smallest absolute Gasteiger partial charge is 0.244 e. The number of nitrogens with one attached hydrogen (secondary N) is 1. The van der Waals surface area contributed by atoms with Crippen LogP contribution >= 0.6 is 0 Å². The average molecular weight is 406 g/mol. The summed E-state index contributed by atoms with van der Waals surface area (Å²) in [6, 6.07) is 17.3.